The molecule has 0 radical (unpaired) electrons. The van der Waals surface area contributed by atoms with Crippen LogP contribution in [0.3, 0.4) is 0 Å². The third-order valence-electron chi connectivity index (χ3n) is 6.28. The number of rotatable bonds is 7. The summed E-state index contributed by atoms with van der Waals surface area (Å²) in [6.07, 6.45) is 2.01. The summed E-state index contributed by atoms with van der Waals surface area (Å²) in [5.74, 6) is -0.375. The highest BCUT2D eigenvalue weighted by atomic mass is 16.5. The van der Waals surface area contributed by atoms with Crippen LogP contribution >= 0.6 is 0 Å². The maximum Gasteiger partial charge on any atom is 0.274 e. The number of ether oxygens (including phenoxy) is 1. The highest BCUT2D eigenvalue weighted by Gasteiger charge is 2.31. The summed E-state index contributed by atoms with van der Waals surface area (Å²) in [6.45, 7) is 3.76. The van der Waals surface area contributed by atoms with Crippen molar-refractivity contribution < 1.29 is 19.1 Å². The van der Waals surface area contributed by atoms with Gasteiger partial charge >= 0.3 is 0 Å². The Balaban J connectivity index is 1.38. The number of methoxy groups -OCH3 is 1. The van der Waals surface area contributed by atoms with Gasteiger partial charge in [0.2, 0.25) is 5.91 Å². The van der Waals surface area contributed by atoms with Crippen molar-refractivity contribution in [2.75, 3.05) is 39.9 Å². The summed E-state index contributed by atoms with van der Waals surface area (Å²) in [5.41, 5.74) is 1.83. The first-order valence-corrected chi connectivity index (χ1v) is 11.5. The highest BCUT2D eigenvalue weighted by Crippen LogP contribution is 2.21. The third-order valence-corrected chi connectivity index (χ3v) is 6.28. The molecule has 3 amide bonds. The topological polar surface area (TPSA) is 96.8 Å². The van der Waals surface area contributed by atoms with E-state index in [0.717, 1.165) is 12.0 Å². The molecule has 1 N–H and O–H groups in total. The zero-order valence-electron chi connectivity index (χ0n) is 19.0. The molecule has 1 aromatic carbocycles. The second kappa shape index (κ2) is 10.6. The second-order valence-corrected chi connectivity index (χ2v) is 8.55. The van der Waals surface area contributed by atoms with Crippen molar-refractivity contribution >= 4 is 17.7 Å². The monoisotopic (exact) mass is 453 g/mol. The number of hydrogen-bond acceptors (Lipinski definition) is 5. The molecule has 1 saturated heterocycles. The molecular weight excluding hydrogens is 422 g/mol. The molecular formula is C24H31N5O4. The van der Waals surface area contributed by atoms with Crippen LogP contribution in [-0.4, -0.2) is 77.2 Å². The van der Waals surface area contributed by atoms with Gasteiger partial charge in [-0.05, 0) is 24.8 Å². The standard InChI is InChI=1S/C24H31N5O4/c1-33-15-10-25-22(30)19-8-13-27(14-9-19)23(31)20-16-21-24(32)28(11-5-12-29(21)26-20)17-18-6-3-2-4-7-18/h2-4,6-7,16,19H,5,8-15,17H2,1H3,(H,25,30). The average molecular weight is 454 g/mol. The predicted molar refractivity (Wildman–Crippen MR) is 122 cm³/mol. The maximum absolute atomic E-state index is 13.2. The van der Waals surface area contributed by atoms with Gasteiger partial charge in [0.15, 0.2) is 5.69 Å². The Morgan fingerprint density at radius 1 is 1.12 bits per heavy atom. The van der Waals surface area contributed by atoms with Gasteiger partial charge in [-0.1, -0.05) is 30.3 Å². The summed E-state index contributed by atoms with van der Waals surface area (Å²) < 4.78 is 6.62. The first-order valence-electron chi connectivity index (χ1n) is 11.5. The lowest BCUT2D eigenvalue weighted by Gasteiger charge is -2.30. The van der Waals surface area contributed by atoms with Crippen molar-refractivity contribution in [3.63, 3.8) is 0 Å². The van der Waals surface area contributed by atoms with Crippen LogP contribution in [0.15, 0.2) is 36.4 Å². The van der Waals surface area contributed by atoms with E-state index in [2.05, 4.69) is 10.4 Å². The van der Waals surface area contributed by atoms with Crippen LogP contribution in [0.1, 0.15) is 45.8 Å². The molecule has 33 heavy (non-hydrogen) atoms. The van der Waals surface area contributed by atoms with E-state index in [4.69, 9.17) is 4.74 Å². The molecule has 0 saturated carbocycles. The summed E-state index contributed by atoms with van der Waals surface area (Å²) >= 11 is 0. The molecule has 9 heteroatoms. The van der Waals surface area contributed by atoms with E-state index in [1.807, 2.05) is 35.2 Å². The number of benzene rings is 1. The van der Waals surface area contributed by atoms with Crippen LogP contribution in [0.5, 0.6) is 0 Å². The highest BCUT2D eigenvalue weighted by molar-refractivity contribution is 5.98. The summed E-state index contributed by atoms with van der Waals surface area (Å²) in [5, 5.41) is 7.34. The van der Waals surface area contributed by atoms with Gasteiger partial charge in [-0.3, -0.25) is 19.1 Å². The number of carbonyl (C=O) groups is 3. The van der Waals surface area contributed by atoms with Gasteiger partial charge in [-0.25, -0.2) is 0 Å². The van der Waals surface area contributed by atoms with E-state index >= 15 is 0 Å². The zero-order chi connectivity index (χ0) is 23.2. The van der Waals surface area contributed by atoms with Crippen molar-refractivity contribution in [1.29, 1.82) is 0 Å². The molecule has 0 spiro atoms. The Hall–Kier alpha value is -3.20. The Labute approximate surface area is 193 Å². The number of fused-ring (bicyclic) bond motifs is 1. The molecule has 0 aliphatic carbocycles. The Kier molecular flexibility index (Phi) is 7.39. The number of piperidine rings is 1. The van der Waals surface area contributed by atoms with Crippen LogP contribution in [-0.2, 0) is 22.6 Å². The fourth-order valence-corrected chi connectivity index (χ4v) is 4.42. The number of likely N-dealkylation sites (tertiary alicyclic amines) is 1. The lowest BCUT2D eigenvalue weighted by molar-refractivity contribution is -0.126. The zero-order valence-corrected chi connectivity index (χ0v) is 19.0. The lowest BCUT2D eigenvalue weighted by Crippen LogP contribution is -2.43. The van der Waals surface area contributed by atoms with E-state index in [1.165, 1.54) is 0 Å². The van der Waals surface area contributed by atoms with E-state index in [-0.39, 0.29) is 23.6 Å². The van der Waals surface area contributed by atoms with Crippen molar-refractivity contribution in [2.45, 2.75) is 32.4 Å². The largest absolute Gasteiger partial charge is 0.383 e. The minimum Gasteiger partial charge on any atom is -0.383 e. The van der Waals surface area contributed by atoms with Gasteiger partial charge in [0.1, 0.15) is 5.69 Å². The minimum atomic E-state index is -0.184. The number of nitrogens with one attached hydrogen (secondary N) is 1. The Morgan fingerprint density at radius 2 is 1.88 bits per heavy atom. The molecule has 2 aliphatic heterocycles. The summed E-state index contributed by atoms with van der Waals surface area (Å²) in [7, 11) is 1.60. The third kappa shape index (κ3) is 5.42. The first-order chi connectivity index (χ1) is 16.1. The van der Waals surface area contributed by atoms with E-state index in [0.29, 0.717) is 70.1 Å². The second-order valence-electron chi connectivity index (χ2n) is 8.55. The molecule has 0 atom stereocenters. The molecule has 2 aromatic rings. The van der Waals surface area contributed by atoms with Crippen LogP contribution in [0.4, 0.5) is 0 Å². The minimum absolute atomic E-state index is 0.0111. The SMILES string of the molecule is COCCNC(=O)C1CCN(C(=O)c2cc3n(n2)CCCN(Cc2ccccc2)C3=O)CC1. The fourth-order valence-electron chi connectivity index (χ4n) is 4.42. The van der Waals surface area contributed by atoms with Gasteiger partial charge in [-0.2, -0.15) is 5.10 Å². The Bertz CT molecular complexity index is 982. The number of nitrogens with zero attached hydrogens (tertiary/aromatic N) is 4. The molecule has 9 nitrogen and oxygen atoms in total. The summed E-state index contributed by atoms with van der Waals surface area (Å²) in [4.78, 5) is 42.0. The molecule has 1 aromatic heterocycles. The van der Waals surface area contributed by atoms with Crippen LogP contribution in [0.25, 0.3) is 0 Å². The normalized spacial score (nSPS) is 16.9. The number of amides is 3. The van der Waals surface area contributed by atoms with E-state index < -0.39 is 0 Å². The molecule has 2 aliphatic rings. The predicted octanol–water partition coefficient (Wildman–Crippen LogP) is 1.54. The molecule has 3 heterocycles. The van der Waals surface area contributed by atoms with E-state index in [9.17, 15) is 14.4 Å². The van der Waals surface area contributed by atoms with Crippen molar-refractivity contribution in [3.8, 4) is 0 Å². The molecule has 0 unspecified atom stereocenters. The first kappa shape index (κ1) is 23.0. The number of hydrogen-bond donors (Lipinski definition) is 1. The Morgan fingerprint density at radius 3 is 2.61 bits per heavy atom. The lowest BCUT2D eigenvalue weighted by atomic mass is 9.95. The van der Waals surface area contributed by atoms with Crippen LogP contribution in [0.2, 0.25) is 0 Å². The van der Waals surface area contributed by atoms with Gasteiger partial charge < -0.3 is 19.9 Å². The molecule has 176 valence electrons. The molecule has 4 rings (SSSR count). The number of aryl methyl sites for hydroxylation is 1. The van der Waals surface area contributed by atoms with Crippen LogP contribution in [0, 0.1) is 5.92 Å². The maximum atomic E-state index is 13.2. The van der Waals surface area contributed by atoms with Gasteiger partial charge in [-0.15, -0.1) is 0 Å². The van der Waals surface area contributed by atoms with Crippen molar-refractivity contribution in [2.24, 2.45) is 5.92 Å². The number of carbonyl (C=O) groups excluding carboxylic acids is 3. The quantitative estimate of drug-likeness (QED) is 0.642. The summed E-state index contributed by atoms with van der Waals surface area (Å²) in [6, 6.07) is 11.5. The fraction of sp³-hybridized carbons (Fsp3) is 0.500. The number of aromatic nitrogens is 2. The average Bonchev–Trinajstić information content (AvgIpc) is 3.21. The molecule has 1 fully saturated rings. The van der Waals surface area contributed by atoms with Crippen molar-refractivity contribution in [1.82, 2.24) is 24.9 Å². The van der Waals surface area contributed by atoms with Gasteiger partial charge in [0, 0.05) is 58.4 Å². The van der Waals surface area contributed by atoms with Crippen LogP contribution < -0.4 is 5.32 Å². The van der Waals surface area contributed by atoms with Gasteiger partial charge in [0.05, 0.1) is 6.61 Å². The van der Waals surface area contributed by atoms with Crippen molar-refractivity contribution in [3.05, 3.63) is 53.3 Å². The smallest absolute Gasteiger partial charge is 0.274 e. The molecule has 0 bridgehead atoms. The van der Waals surface area contributed by atoms with Gasteiger partial charge in [0.25, 0.3) is 11.8 Å². The van der Waals surface area contributed by atoms with E-state index in [1.54, 1.807) is 22.8 Å².